The molecule has 1 aromatic rings. The van der Waals surface area contributed by atoms with Crippen LogP contribution in [-0.4, -0.2) is 33.7 Å². The van der Waals surface area contributed by atoms with Crippen LogP contribution in [0.15, 0.2) is 10.8 Å². The van der Waals surface area contributed by atoms with E-state index in [0.29, 0.717) is 18.0 Å². The van der Waals surface area contributed by atoms with E-state index < -0.39 is 0 Å². The van der Waals surface area contributed by atoms with E-state index in [0.717, 1.165) is 18.2 Å². The molecule has 0 aromatic carbocycles. The van der Waals surface area contributed by atoms with Gasteiger partial charge in [-0.15, -0.1) is 0 Å². The number of oxazole rings is 1. The topological polar surface area (TPSA) is 46.3 Å². The van der Waals surface area contributed by atoms with E-state index in [2.05, 4.69) is 34.8 Å². The van der Waals surface area contributed by atoms with Crippen molar-refractivity contribution in [2.24, 2.45) is 0 Å². The van der Waals surface area contributed by atoms with Gasteiger partial charge in [-0.1, -0.05) is 29.8 Å². The summed E-state index contributed by atoms with van der Waals surface area (Å²) in [6, 6.07) is 0.254. The number of alkyl halides is 1. The molecule has 0 aliphatic rings. The number of carbonyl (C=O) groups is 1. The van der Waals surface area contributed by atoms with Gasteiger partial charge in [0.15, 0.2) is 6.39 Å². The van der Waals surface area contributed by atoms with Crippen LogP contribution in [0.3, 0.4) is 0 Å². The standard InChI is InChI=1S/C12H19BrN2O2/c1-4-10(5-2)15(7-6-13)12(16)11-9(3)14-8-17-11/h8,10H,4-7H2,1-3H3. The van der Waals surface area contributed by atoms with E-state index in [-0.39, 0.29) is 11.9 Å². The summed E-state index contributed by atoms with van der Waals surface area (Å²) < 4.78 is 5.17. The zero-order valence-corrected chi connectivity index (χ0v) is 12.2. The molecular weight excluding hydrogens is 284 g/mol. The van der Waals surface area contributed by atoms with Gasteiger partial charge in [0.2, 0.25) is 5.76 Å². The van der Waals surface area contributed by atoms with Crippen molar-refractivity contribution in [1.29, 1.82) is 0 Å². The van der Waals surface area contributed by atoms with Crippen LogP contribution >= 0.6 is 15.9 Å². The van der Waals surface area contributed by atoms with Crippen LogP contribution in [0.5, 0.6) is 0 Å². The molecule has 0 saturated heterocycles. The first kappa shape index (κ1) is 14.2. The zero-order chi connectivity index (χ0) is 12.8. The van der Waals surface area contributed by atoms with Crippen molar-refractivity contribution in [1.82, 2.24) is 9.88 Å². The molecule has 1 aromatic heterocycles. The number of halogens is 1. The number of amides is 1. The summed E-state index contributed by atoms with van der Waals surface area (Å²) in [6.45, 7) is 6.66. The molecule has 0 radical (unpaired) electrons. The summed E-state index contributed by atoms with van der Waals surface area (Å²) in [5.41, 5.74) is 0.653. The number of aryl methyl sites for hydroxylation is 1. The van der Waals surface area contributed by atoms with Gasteiger partial charge in [-0.05, 0) is 19.8 Å². The molecule has 5 heteroatoms. The lowest BCUT2D eigenvalue weighted by atomic mass is 10.1. The molecule has 0 saturated carbocycles. The van der Waals surface area contributed by atoms with Crippen LogP contribution in [0.1, 0.15) is 42.9 Å². The lowest BCUT2D eigenvalue weighted by Crippen LogP contribution is -2.41. The summed E-state index contributed by atoms with van der Waals surface area (Å²) in [5, 5.41) is 0.766. The Kier molecular flexibility index (Phi) is 5.68. The largest absolute Gasteiger partial charge is 0.438 e. The average Bonchev–Trinajstić information content (AvgIpc) is 2.75. The number of hydrogen-bond donors (Lipinski definition) is 0. The first-order chi connectivity index (χ1) is 8.15. The Labute approximate surface area is 111 Å². The predicted molar refractivity (Wildman–Crippen MR) is 70.4 cm³/mol. The van der Waals surface area contributed by atoms with Crippen molar-refractivity contribution in [3.05, 3.63) is 17.8 Å². The Morgan fingerprint density at radius 2 is 2.18 bits per heavy atom. The van der Waals surface area contributed by atoms with Crippen LogP contribution in [0, 0.1) is 6.92 Å². The summed E-state index contributed by atoms with van der Waals surface area (Å²) in [6.07, 6.45) is 3.21. The van der Waals surface area contributed by atoms with Crippen molar-refractivity contribution in [2.75, 3.05) is 11.9 Å². The number of nitrogens with zero attached hydrogens (tertiary/aromatic N) is 2. The molecule has 1 heterocycles. The monoisotopic (exact) mass is 302 g/mol. The van der Waals surface area contributed by atoms with Crippen molar-refractivity contribution >= 4 is 21.8 Å². The molecule has 1 amide bonds. The second kappa shape index (κ2) is 6.79. The van der Waals surface area contributed by atoms with Crippen LogP contribution in [0.4, 0.5) is 0 Å². The highest BCUT2D eigenvalue weighted by molar-refractivity contribution is 9.09. The Bertz CT molecular complexity index is 361. The maximum atomic E-state index is 12.3. The van der Waals surface area contributed by atoms with Gasteiger partial charge in [0, 0.05) is 17.9 Å². The third-order valence-corrected chi connectivity index (χ3v) is 3.26. The molecule has 0 aliphatic heterocycles. The summed E-state index contributed by atoms with van der Waals surface area (Å²) in [5.74, 6) is 0.297. The maximum Gasteiger partial charge on any atom is 0.291 e. The average molecular weight is 303 g/mol. The van der Waals surface area contributed by atoms with Gasteiger partial charge in [0.25, 0.3) is 5.91 Å². The molecule has 17 heavy (non-hydrogen) atoms. The third-order valence-electron chi connectivity index (χ3n) is 2.91. The third kappa shape index (κ3) is 3.31. The van der Waals surface area contributed by atoms with Gasteiger partial charge in [-0.2, -0.15) is 0 Å². The van der Waals surface area contributed by atoms with Crippen molar-refractivity contribution < 1.29 is 9.21 Å². The fourth-order valence-electron chi connectivity index (χ4n) is 1.91. The lowest BCUT2D eigenvalue weighted by Gasteiger charge is -2.29. The Morgan fingerprint density at radius 1 is 1.53 bits per heavy atom. The predicted octanol–water partition coefficient (Wildman–Crippen LogP) is 3.01. The lowest BCUT2D eigenvalue weighted by molar-refractivity contribution is 0.0649. The summed E-state index contributed by atoms with van der Waals surface area (Å²) in [7, 11) is 0. The van der Waals surface area contributed by atoms with Crippen LogP contribution in [0.25, 0.3) is 0 Å². The smallest absolute Gasteiger partial charge is 0.291 e. The van der Waals surface area contributed by atoms with Gasteiger partial charge in [-0.25, -0.2) is 4.98 Å². The fraction of sp³-hybridized carbons (Fsp3) is 0.667. The summed E-state index contributed by atoms with van der Waals surface area (Å²) >= 11 is 3.39. The zero-order valence-electron chi connectivity index (χ0n) is 10.6. The summed E-state index contributed by atoms with van der Waals surface area (Å²) in [4.78, 5) is 18.2. The molecule has 0 spiro atoms. The maximum absolute atomic E-state index is 12.3. The van der Waals surface area contributed by atoms with Crippen molar-refractivity contribution in [3.63, 3.8) is 0 Å². The molecule has 0 aliphatic carbocycles. The second-order valence-corrected chi connectivity index (χ2v) is 4.72. The van der Waals surface area contributed by atoms with Gasteiger partial charge in [0.05, 0.1) is 5.69 Å². The number of aromatic nitrogens is 1. The number of rotatable bonds is 6. The Morgan fingerprint density at radius 3 is 2.59 bits per heavy atom. The number of hydrogen-bond acceptors (Lipinski definition) is 3. The second-order valence-electron chi connectivity index (χ2n) is 3.92. The van der Waals surface area contributed by atoms with E-state index in [1.807, 2.05) is 4.90 Å². The molecular formula is C12H19BrN2O2. The van der Waals surface area contributed by atoms with Gasteiger partial charge < -0.3 is 9.32 Å². The van der Waals surface area contributed by atoms with Crippen LogP contribution in [-0.2, 0) is 0 Å². The number of carbonyl (C=O) groups excluding carboxylic acids is 1. The highest BCUT2D eigenvalue weighted by atomic mass is 79.9. The first-order valence-corrected chi connectivity index (χ1v) is 7.04. The highest BCUT2D eigenvalue weighted by Crippen LogP contribution is 2.16. The molecule has 0 unspecified atom stereocenters. The van der Waals surface area contributed by atoms with Gasteiger partial charge in [0.1, 0.15) is 0 Å². The molecule has 4 nitrogen and oxygen atoms in total. The highest BCUT2D eigenvalue weighted by Gasteiger charge is 2.25. The van der Waals surface area contributed by atoms with Crippen molar-refractivity contribution in [3.8, 4) is 0 Å². The van der Waals surface area contributed by atoms with Gasteiger partial charge in [-0.3, -0.25) is 4.79 Å². The SMILES string of the molecule is CCC(CC)N(CCBr)C(=O)c1ocnc1C. The van der Waals surface area contributed by atoms with E-state index in [1.165, 1.54) is 6.39 Å². The fourth-order valence-corrected chi connectivity index (χ4v) is 2.29. The van der Waals surface area contributed by atoms with Crippen LogP contribution in [0.2, 0.25) is 0 Å². The minimum atomic E-state index is -0.0619. The van der Waals surface area contributed by atoms with E-state index in [9.17, 15) is 4.79 Å². The van der Waals surface area contributed by atoms with E-state index in [4.69, 9.17) is 4.42 Å². The van der Waals surface area contributed by atoms with E-state index in [1.54, 1.807) is 6.92 Å². The Balaban J connectivity index is 2.91. The van der Waals surface area contributed by atoms with E-state index >= 15 is 0 Å². The molecule has 0 bridgehead atoms. The minimum absolute atomic E-state index is 0.0619. The van der Waals surface area contributed by atoms with Crippen LogP contribution < -0.4 is 0 Å². The normalized spacial score (nSPS) is 10.9. The molecule has 1 rings (SSSR count). The van der Waals surface area contributed by atoms with Crippen molar-refractivity contribution in [2.45, 2.75) is 39.7 Å². The molecule has 0 N–H and O–H groups in total. The molecule has 96 valence electrons. The molecule has 0 atom stereocenters. The minimum Gasteiger partial charge on any atom is -0.438 e. The van der Waals surface area contributed by atoms with Gasteiger partial charge >= 0.3 is 0 Å². The molecule has 0 fully saturated rings. The Hall–Kier alpha value is -0.840. The quantitative estimate of drug-likeness (QED) is 0.759. The first-order valence-electron chi connectivity index (χ1n) is 5.92.